The summed E-state index contributed by atoms with van der Waals surface area (Å²) in [5, 5.41) is 0.856. The second-order valence-corrected chi connectivity index (χ2v) is 5.00. The monoisotopic (exact) mass is 276 g/mol. The first-order chi connectivity index (χ1) is 8.00. The largest absolute Gasteiger partial charge is 0.207 e. The molecule has 0 saturated carbocycles. The summed E-state index contributed by atoms with van der Waals surface area (Å²) >= 11 is 7.36. The van der Waals surface area contributed by atoms with Gasteiger partial charge in [0.05, 0.1) is 5.38 Å². The maximum atomic E-state index is 13.5. The fourth-order valence-electron chi connectivity index (χ4n) is 1.57. The smallest absolute Gasteiger partial charge is 0.134 e. The average molecular weight is 277 g/mol. The van der Waals surface area contributed by atoms with Crippen LogP contribution in [0.15, 0.2) is 23.6 Å². The van der Waals surface area contributed by atoms with Crippen LogP contribution in [-0.4, -0.2) is 0 Å². The maximum absolute atomic E-state index is 13.5. The first kappa shape index (κ1) is 12.5. The number of benzene rings is 1. The van der Waals surface area contributed by atoms with Gasteiger partial charge in [0.1, 0.15) is 17.5 Å². The van der Waals surface area contributed by atoms with E-state index in [1.807, 2.05) is 6.07 Å². The molecule has 5 heteroatoms. The molecule has 0 nitrogen and oxygen atoms in total. The van der Waals surface area contributed by atoms with Crippen LogP contribution in [0.3, 0.4) is 0 Å². The lowest BCUT2D eigenvalue weighted by atomic mass is 10.1. The number of halogens is 4. The first-order valence-corrected chi connectivity index (χ1v) is 6.15. The van der Waals surface area contributed by atoms with Crippen LogP contribution in [0.5, 0.6) is 0 Å². The van der Waals surface area contributed by atoms with E-state index in [2.05, 4.69) is 0 Å². The van der Waals surface area contributed by atoms with Gasteiger partial charge < -0.3 is 0 Å². The SMILES string of the molecule is Cc1ccsc1C(Cl)c1c(F)cc(F)cc1F. The first-order valence-electron chi connectivity index (χ1n) is 4.83. The molecule has 0 aliphatic heterocycles. The Kier molecular flexibility index (Phi) is 3.45. The molecule has 2 rings (SSSR count). The van der Waals surface area contributed by atoms with Crippen molar-refractivity contribution >= 4 is 22.9 Å². The molecular weight excluding hydrogens is 269 g/mol. The third kappa shape index (κ3) is 2.33. The molecule has 0 amide bonds. The van der Waals surface area contributed by atoms with Gasteiger partial charge in [-0.1, -0.05) is 0 Å². The van der Waals surface area contributed by atoms with Gasteiger partial charge >= 0.3 is 0 Å². The van der Waals surface area contributed by atoms with Gasteiger partial charge in [-0.05, 0) is 23.9 Å². The molecule has 0 spiro atoms. The number of alkyl halides is 1. The minimum absolute atomic E-state index is 0.307. The molecule has 1 heterocycles. The summed E-state index contributed by atoms with van der Waals surface area (Å²) in [7, 11) is 0. The Morgan fingerprint density at radius 3 is 2.24 bits per heavy atom. The van der Waals surface area contributed by atoms with Crippen molar-refractivity contribution < 1.29 is 13.2 Å². The molecule has 0 bridgehead atoms. The lowest BCUT2D eigenvalue weighted by Crippen LogP contribution is -2.01. The summed E-state index contributed by atoms with van der Waals surface area (Å²) in [6, 6.07) is 3.09. The fourth-order valence-corrected chi connectivity index (χ4v) is 3.02. The van der Waals surface area contributed by atoms with Crippen LogP contribution in [-0.2, 0) is 0 Å². The molecule has 1 aromatic carbocycles. The van der Waals surface area contributed by atoms with Gasteiger partial charge in [-0.15, -0.1) is 22.9 Å². The molecule has 0 aliphatic rings. The van der Waals surface area contributed by atoms with Crippen molar-refractivity contribution in [3.8, 4) is 0 Å². The van der Waals surface area contributed by atoms with Crippen LogP contribution in [0.25, 0.3) is 0 Å². The van der Waals surface area contributed by atoms with E-state index in [1.165, 1.54) is 11.3 Å². The molecule has 90 valence electrons. The Labute approximate surface area is 106 Å². The Hall–Kier alpha value is -1.00. The van der Waals surface area contributed by atoms with Crippen LogP contribution in [0.2, 0.25) is 0 Å². The molecule has 0 aliphatic carbocycles. The van der Waals surface area contributed by atoms with Gasteiger partial charge in [0, 0.05) is 22.6 Å². The van der Waals surface area contributed by atoms with Crippen LogP contribution >= 0.6 is 22.9 Å². The standard InChI is InChI=1S/C12H8ClF3S/c1-6-2-3-17-12(6)11(13)10-8(15)4-7(14)5-9(10)16/h2-5,11H,1H3. The molecule has 1 aromatic heterocycles. The van der Waals surface area contributed by atoms with E-state index >= 15 is 0 Å². The number of hydrogen-bond donors (Lipinski definition) is 0. The highest BCUT2D eigenvalue weighted by atomic mass is 35.5. The van der Waals surface area contributed by atoms with Crippen molar-refractivity contribution in [2.24, 2.45) is 0 Å². The van der Waals surface area contributed by atoms with Gasteiger partial charge in [0.15, 0.2) is 0 Å². The van der Waals surface area contributed by atoms with Crippen molar-refractivity contribution in [2.75, 3.05) is 0 Å². The maximum Gasteiger partial charge on any atom is 0.134 e. The Morgan fingerprint density at radius 2 is 1.76 bits per heavy atom. The number of aryl methyl sites for hydroxylation is 1. The fraction of sp³-hybridized carbons (Fsp3) is 0.167. The van der Waals surface area contributed by atoms with Gasteiger partial charge in [-0.2, -0.15) is 0 Å². The van der Waals surface area contributed by atoms with E-state index in [0.29, 0.717) is 17.0 Å². The van der Waals surface area contributed by atoms with Crippen LogP contribution in [0.4, 0.5) is 13.2 Å². The van der Waals surface area contributed by atoms with Crippen molar-refractivity contribution in [3.05, 3.63) is 57.0 Å². The summed E-state index contributed by atoms with van der Waals surface area (Å²) in [5.74, 6) is -2.87. The van der Waals surface area contributed by atoms with E-state index in [4.69, 9.17) is 11.6 Å². The third-order valence-electron chi connectivity index (χ3n) is 2.43. The van der Waals surface area contributed by atoms with E-state index in [0.717, 1.165) is 5.56 Å². The lowest BCUT2D eigenvalue weighted by Gasteiger charge is -2.11. The zero-order chi connectivity index (χ0) is 12.6. The molecular formula is C12H8ClF3S. The summed E-state index contributed by atoms with van der Waals surface area (Å²) in [6.45, 7) is 1.81. The van der Waals surface area contributed by atoms with Gasteiger partial charge in [0.2, 0.25) is 0 Å². The number of rotatable bonds is 2. The highest BCUT2D eigenvalue weighted by Gasteiger charge is 2.23. The predicted molar refractivity (Wildman–Crippen MR) is 63.1 cm³/mol. The molecule has 0 fully saturated rings. The normalized spacial score (nSPS) is 12.8. The molecule has 2 aromatic rings. The molecule has 1 unspecified atom stereocenters. The van der Waals surface area contributed by atoms with Gasteiger partial charge in [0.25, 0.3) is 0 Å². The zero-order valence-electron chi connectivity index (χ0n) is 8.81. The molecule has 17 heavy (non-hydrogen) atoms. The summed E-state index contributed by atoms with van der Waals surface area (Å²) in [5.41, 5.74) is 0.553. The summed E-state index contributed by atoms with van der Waals surface area (Å²) < 4.78 is 39.8. The second-order valence-electron chi connectivity index (χ2n) is 3.61. The third-order valence-corrected chi connectivity index (χ3v) is 4.08. The van der Waals surface area contributed by atoms with Gasteiger partial charge in [-0.25, -0.2) is 13.2 Å². The minimum atomic E-state index is -0.963. The highest BCUT2D eigenvalue weighted by Crippen LogP contribution is 2.37. The van der Waals surface area contributed by atoms with E-state index in [9.17, 15) is 13.2 Å². The lowest BCUT2D eigenvalue weighted by molar-refractivity contribution is 0.526. The van der Waals surface area contributed by atoms with Crippen LogP contribution in [0, 0.1) is 24.4 Å². The molecule has 1 atom stereocenters. The van der Waals surface area contributed by atoms with E-state index in [-0.39, 0.29) is 5.56 Å². The number of thiophene rings is 1. The topological polar surface area (TPSA) is 0 Å². The van der Waals surface area contributed by atoms with Crippen LogP contribution in [0.1, 0.15) is 21.4 Å². The van der Waals surface area contributed by atoms with Crippen LogP contribution < -0.4 is 0 Å². The van der Waals surface area contributed by atoms with Gasteiger partial charge in [-0.3, -0.25) is 0 Å². The molecule has 0 saturated heterocycles. The van der Waals surface area contributed by atoms with E-state index < -0.39 is 22.8 Å². The Morgan fingerprint density at radius 1 is 1.18 bits per heavy atom. The minimum Gasteiger partial charge on any atom is -0.207 e. The molecule has 0 radical (unpaired) electrons. The van der Waals surface area contributed by atoms with Crippen molar-refractivity contribution in [2.45, 2.75) is 12.3 Å². The quantitative estimate of drug-likeness (QED) is 0.691. The van der Waals surface area contributed by atoms with E-state index in [1.54, 1.807) is 12.3 Å². The van der Waals surface area contributed by atoms with Crippen molar-refractivity contribution in [3.63, 3.8) is 0 Å². The summed E-state index contributed by atoms with van der Waals surface area (Å²) in [4.78, 5) is 0.663. The zero-order valence-corrected chi connectivity index (χ0v) is 10.4. The Balaban J connectivity index is 2.51. The van der Waals surface area contributed by atoms with Crippen molar-refractivity contribution in [1.82, 2.24) is 0 Å². The predicted octanol–water partition coefficient (Wildman–Crippen LogP) is 4.80. The van der Waals surface area contributed by atoms with Crippen molar-refractivity contribution in [1.29, 1.82) is 0 Å². The summed E-state index contributed by atoms with van der Waals surface area (Å²) in [6.07, 6.45) is 0. The second kappa shape index (κ2) is 4.70. The average Bonchev–Trinajstić information content (AvgIpc) is 2.62. The Bertz CT molecular complexity index is 527. The highest BCUT2D eigenvalue weighted by molar-refractivity contribution is 7.10. The number of hydrogen-bond acceptors (Lipinski definition) is 1. The molecule has 0 N–H and O–H groups in total.